The van der Waals surface area contributed by atoms with Gasteiger partial charge in [-0.05, 0) is 51.0 Å². The number of amides is 3. The lowest BCUT2D eigenvalue weighted by Crippen LogP contribution is -2.60. The SMILES string of the molecule is C=CCN(CCC)C(=O)[C@H]1[C@H]2C(=O)N([C@@H](CO)Cc3ccccc3)C(C(=O)N(CC=C)C(C)CCC)C23CC[C@]1(CC)O3. The molecule has 1 N–H and O–H groups in total. The zero-order chi connectivity index (χ0) is 31.4. The van der Waals surface area contributed by atoms with E-state index in [1.165, 1.54) is 0 Å². The Hall–Kier alpha value is -2.97. The zero-order valence-corrected chi connectivity index (χ0v) is 26.5. The fraction of sp³-hybridized carbons (Fsp3) is 0.629. The number of fused-ring (bicyclic) bond motifs is 1. The van der Waals surface area contributed by atoms with Crippen LogP contribution in [-0.2, 0) is 25.5 Å². The molecule has 236 valence electrons. The smallest absolute Gasteiger partial charge is 0.248 e. The van der Waals surface area contributed by atoms with Crippen molar-refractivity contribution < 1.29 is 24.2 Å². The molecule has 3 saturated heterocycles. The first-order chi connectivity index (χ1) is 20.7. The topological polar surface area (TPSA) is 90.4 Å². The van der Waals surface area contributed by atoms with E-state index in [1.54, 1.807) is 26.9 Å². The van der Waals surface area contributed by atoms with Crippen molar-refractivity contribution in [2.75, 3.05) is 26.2 Å². The molecule has 43 heavy (non-hydrogen) atoms. The van der Waals surface area contributed by atoms with E-state index in [1.807, 2.05) is 51.1 Å². The van der Waals surface area contributed by atoms with Gasteiger partial charge in [-0.3, -0.25) is 14.4 Å². The Labute approximate surface area is 257 Å². The van der Waals surface area contributed by atoms with Crippen LogP contribution in [0, 0.1) is 11.8 Å². The van der Waals surface area contributed by atoms with E-state index in [-0.39, 0.29) is 30.4 Å². The summed E-state index contributed by atoms with van der Waals surface area (Å²) in [5.41, 5.74) is -1.01. The maximum absolute atomic E-state index is 14.8. The van der Waals surface area contributed by atoms with Gasteiger partial charge in [-0.1, -0.05) is 69.7 Å². The highest BCUT2D eigenvalue weighted by Crippen LogP contribution is 2.65. The maximum atomic E-state index is 14.8. The molecule has 3 amide bonds. The number of hydrogen-bond acceptors (Lipinski definition) is 5. The Kier molecular flexibility index (Phi) is 10.5. The minimum atomic E-state index is -1.15. The van der Waals surface area contributed by atoms with Crippen LogP contribution in [0.2, 0.25) is 0 Å². The van der Waals surface area contributed by atoms with Gasteiger partial charge in [0.15, 0.2) is 0 Å². The van der Waals surface area contributed by atoms with E-state index in [0.717, 1.165) is 24.8 Å². The van der Waals surface area contributed by atoms with Crippen LogP contribution in [0.1, 0.15) is 71.8 Å². The van der Waals surface area contributed by atoms with Crippen molar-refractivity contribution >= 4 is 17.7 Å². The Morgan fingerprint density at radius 2 is 1.79 bits per heavy atom. The fourth-order valence-electron chi connectivity index (χ4n) is 8.11. The molecule has 8 nitrogen and oxygen atoms in total. The number of ether oxygens (including phenoxy) is 1. The first-order valence-corrected chi connectivity index (χ1v) is 16.2. The van der Waals surface area contributed by atoms with E-state index in [4.69, 9.17) is 4.74 Å². The lowest BCUT2D eigenvalue weighted by atomic mass is 9.64. The van der Waals surface area contributed by atoms with Crippen LogP contribution in [0.3, 0.4) is 0 Å². The van der Waals surface area contributed by atoms with Crippen LogP contribution < -0.4 is 0 Å². The fourth-order valence-corrected chi connectivity index (χ4v) is 8.11. The van der Waals surface area contributed by atoms with Crippen molar-refractivity contribution in [3.63, 3.8) is 0 Å². The molecule has 3 unspecified atom stereocenters. The van der Waals surface area contributed by atoms with Gasteiger partial charge >= 0.3 is 0 Å². The van der Waals surface area contributed by atoms with Gasteiger partial charge in [0, 0.05) is 25.7 Å². The second kappa shape index (κ2) is 13.8. The Morgan fingerprint density at radius 1 is 1.09 bits per heavy atom. The van der Waals surface area contributed by atoms with E-state index < -0.39 is 35.1 Å². The van der Waals surface area contributed by atoms with Crippen LogP contribution in [0.15, 0.2) is 55.6 Å². The Morgan fingerprint density at radius 3 is 2.37 bits per heavy atom. The van der Waals surface area contributed by atoms with Gasteiger partial charge in [-0.25, -0.2) is 0 Å². The minimum absolute atomic E-state index is 0.0755. The normalized spacial score (nSPS) is 28.8. The molecule has 1 aromatic carbocycles. The summed E-state index contributed by atoms with van der Waals surface area (Å²) in [7, 11) is 0. The lowest BCUT2D eigenvalue weighted by molar-refractivity contribution is -0.159. The van der Waals surface area contributed by atoms with E-state index in [2.05, 4.69) is 20.1 Å². The molecule has 4 rings (SSSR count). The van der Waals surface area contributed by atoms with Crippen molar-refractivity contribution in [1.29, 1.82) is 0 Å². The van der Waals surface area contributed by atoms with Crippen LogP contribution >= 0.6 is 0 Å². The number of hydrogen-bond donors (Lipinski definition) is 1. The van der Waals surface area contributed by atoms with Crippen molar-refractivity contribution in [3.05, 3.63) is 61.2 Å². The lowest BCUT2D eigenvalue weighted by Gasteiger charge is -2.41. The molecular weight excluding hydrogens is 542 g/mol. The molecule has 8 heteroatoms. The molecule has 0 radical (unpaired) electrons. The summed E-state index contributed by atoms with van der Waals surface area (Å²) < 4.78 is 7.02. The van der Waals surface area contributed by atoms with Crippen molar-refractivity contribution in [2.24, 2.45) is 11.8 Å². The molecule has 7 atom stereocenters. The first kappa shape index (κ1) is 32.9. The third-order valence-corrected chi connectivity index (χ3v) is 10.0. The average molecular weight is 594 g/mol. The summed E-state index contributed by atoms with van der Waals surface area (Å²) in [6.45, 7) is 16.9. The zero-order valence-electron chi connectivity index (χ0n) is 26.5. The molecule has 3 heterocycles. The predicted octanol–water partition coefficient (Wildman–Crippen LogP) is 4.37. The highest BCUT2D eigenvalue weighted by Gasteiger charge is 2.79. The summed E-state index contributed by atoms with van der Waals surface area (Å²) in [5, 5.41) is 10.8. The highest BCUT2D eigenvalue weighted by atomic mass is 16.5. The standard InChI is InChI=1S/C35H51N3O5/c1-7-15-25(6)37(22-10-4)33(42)30-35-19-18-34(11-5,43-35)28(31(40)36(20-8-2)21-9-3)29(35)32(41)38(30)27(24-39)23-26-16-13-12-14-17-26/h8,10,12-14,16-17,25,27-30,39H,2,4,7,9,11,15,18-24H2,1,3,5-6H3/t25?,27-,28-,29+,30?,34+,35?/m1/s1. The van der Waals surface area contributed by atoms with Gasteiger partial charge in [0.1, 0.15) is 11.6 Å². The number of carbonyl (C=O) groups excluding carboxylic acids is 3. The molecule has 3 aliphatic heterocycles. The van der Waals surface area contributed by atoms with Crippen LogP contribution in [0.4, 0.5) is 0 Å². The first-order valence-electron chi connectivity index (χ1n) is 16.2. The van der Waals surface area contributed by atoms with Gasteiger partial charge < -0.3 is 24.5 Å². The average Bonchev–Trinajstić information content (AvgIpc) is 3.62. The van der Waals surface area contributed by atoms with Gasteiger partial charge in [-0.2, -0.15) is 0 Å². The Bertz CT molecular complexity index is 1170. The van der Waals surface area contributed by atoms with E-state index in [9.17, 15) is 19.5 Å². The second-order valence-corrected chi connectivity index (χ2v) is 12.6. The van der Waals surface area contributed by atoms with Crippen LogP contribution in [-0.4, -0.2) is 93.1 Å². The number of likely N-dealkylation sites (tertiary alicyclic amines) is 1. The number of carbonyl (C=O) groups is 3. The largest absolute Gasteiger partial charge is 0.394 e. The molecule has 3 fully saturated rings. The molecule has 1 aromatic rings. The quantitative estimate of drug-likeness (QED) is 0.288. The van der Waals surface area contributed by atoms with E-state index >= 15 is 0 Å². The number of aliphatic hydroxyl groups is 1. The van der Waals surface area contributed by atoms with Crippen molar-refractivity contribution in [1.82, 2.24) is 14.7 Å². The van der Waals surface area contributed by atoms with Crippen molar-refractivity contribution in [2.45, 2.75) is 102 Å². The summed E-state index contributed by atoms with van der Waals surface area (Å²) in [6.07, 6.45) is 7.99. The number of benzene rings is 1. The monoisotopic (exact) mass is 593 g/mol. The third kappa shape index (κ3) is 5.68. The predicted molar refractivity (Wildman–Crippen MR) is 168 cm³/mol. The van der Waals surface area contributed by atoms with E-state index in [0.29, 0.717) is 45.3 Å². The van der Waals surface area contributed by atoms with Gasteiger partial charge in [0.05, 0.1) is 30.1 Å². The second-order valence-electron chi connectivity index (χ2n) is 12.6. The van der Waals surface area contributed by atoms with Gasteiger partial charge in [-0.15, -0.1) is 13.2 Å². The summed E-state index contributed by atoms with van der Waals surface area (Å²) in [4.78, 5) is 49.2. The number of aliphatic hydroxyl groups excluding tert-OH is 1. The van der Waals surface area contributed by atoms with Crippen LogP contribution in [0.5, 0.6) is 0 Å². The van der Waals surface area contributed by atoms with Crippen LogP contribution in [0.25, 0.3) is 0 Å². The van der Waals surface area contributed by atoms with Gasteiger partial charge in [0.25, 0.3) is 0 Å². The van der Waals surface area contributed by atoms with Gasteiger partial charge in [0.2, 0.25) is 17.7 Å². The number of nitrogens with zero attached hydrogens (tertiary/aromatic N) is 3. The minimum Gasteiger partial charge on any atom is -0.394 e. The maximum Gasteiger partial charge on any atom is 0.248 e. The molecule has 2 bridgehead atoms. The highest BCUT2D eigenvalue weighted by molar-refractivity contribution is 5.99. The molecule has 0 aromatic heterocycles. The third-order valence-electron chi connectivity index (χ3n) is 10.0. The summed E-state index contributed by atoms with van der Waals surface area (Å²) in [5.74, 6) is -2.08. The molecule has 3 aliphatic rings. The summed E-state index contributed by atoms with van der Waals surface area (Å²) in [6, 6.07) is 8.03. The van der Waals surface area contributed by atoms with Crippen molar-refractivity contribution in [3.8, 4) is 0 Å². The number of rotatable bonds is 16. The molecule has 0 aliphatic carbocycles. The Balaban J connectivity index is 1.86. The molecular formula is C35H51N3O5. The molecule has 0 saturated carbocycles. The molecule has 1 spiro atoms. The summed E-state index contributed by atoms with van der Waals surface area (Å²) >= 11 is 0.